The molecule has 0 aromatic heterocycles. The fourth-order valence-corrected chi connectivity index (χ4v) is 1.69. The average Bonchev–Trinajstić information content (AvgIpc) is 2.41. The van der Waals surface area contributed by atoms with Crippen LogP contribution in [-0.2, 0) is 0 Å². The number of aromatic hydroxyl groups is 2. The van der Waals surface area contributed by atoms with Crippen molar-refractivity contribution in [2.75, 3.05) is 6.61 Å². The van der Waals surface area contributed by atoms with Gasteiger partial charge in [0.15, 0.2) is 18.2 Å². The Kier molecular flexibility index (Phi) is 3.89. The molecule has 2 aromatic carbocycles. The van der Waals surface area contributed by atoms with E-state index in [2.05, 4.69) is 0 Å². The first kappa shape index (κ1) is 13.9. The van der Waals surface area contributed by atoms with Crippen LogP contribution in [0.25, 0.3) is 0 Å². The first-order chi connectivity index (χ1) is 9.49. The fourth-order valence-electron chi connectivity index (χ4n) is 1.69. The van der Waals surface area contributed by atoms with Gasteiger partial charge >= 0.3 is 0 Å². The van der Waals surface area contributed by atoms with Crippen molar-refractivity contribution >= 4 is 5.78 Å². The molecule has 0 aliphatic heterocycles. The number of para-hydroxylation sites is 1. The van der Waals surface area contributed by atoms with E-state index in [1.54, 1.807) is 13.0 Å². The van der Waals surface area contributed by atoms with Gasteiger partial charge in [-0.25, -0.2) is 4.39 Å². The summed E-state index contributed by atoms with van der Waals surface area (Å²) in [7, 11) is 0. The van der Waals surface area contributed by atoms with Crippen LogP contribution in [-0.4, -0.2) is 22.6 Å². The second-order valence-corrected chi connectivity index (χ2v) is 4.30. The molecule has 0 saturated carbocycles. The predicted molar refractivity (Wildman–Crippen MR) is 70.7 cm³/mol. The van der Waals surface area contributed by atoms with Gasteiger partial charge in [0.25, 0.3) is 0 Å². The molecule has 0 bridgehead atoms. The molecule has 2 rings (SSSR count). The zero-order valence-corrected chi connectivity index (χ0v) is 10.8. The van der Waals surface area contributed by atoms with Crippen LogP contribution in [0.4, 0.5) is 4.39 Å². The molecular formula is C15H13FO4. The van der Waals surface area contributed by atoms with Gasteiger partial charge in [0.05, 0.1) is 5.56 Å². The van der Waals surface area contributed by atoms with E-state index in [0.717, 1.165) is 6.07 Å². The molecular weight excluding hydrogens is 263 g/mol. The highest BCUT2D eigenvalue weighted by Crippen LogP contribution is 2.27. The number of aryl methyl sites for hydroxylation is 1. The second kappa shape index (κ2) is 5.61. The van der Waals surface area contributed by atoms with Gasteiger partial charge in [-0.15, -0.1) is 0 Å². The summed E-state index contributed by atoms with van der Waals surface area (Å²) in [5, 5.41) is 19.0. The van der Waals surface area contributed by atoms with Crippen molar-refractivity contribution in [2.45, 2.75) is 6.92 Å². The van der Waals surface area contributed by atoms with Gasteiger partial charge in [-0.2, -0.15) is 0 Å². The summed E-state index contributed by atoms with van der Waals surface area (Å²) in [5.41, 5.74) is 0.480. The predicted octanol–water partition coefficient (Wildman–Crippen LogP) is 2.81. The Morgan fingerprint density at radius 1 is 1.20 bits per heavy atom. The van der Waals surface area contributed by atoms with E-state index < -0.39 is 18.2 Å². The zero-order chi connectivity index (χ0) is 14.7. The van der Waals surface area contributed by atoms with Gasteiger partial charge in [-0.1, -0.05) is 12.1 Å². The minimum atomic E-state index is -0.564. The highest BCUT2D eigenvalue weighted by molar-refractivity contribution is 6.00. The minimum absolute atomic E-state index is 0.0247. The molecule has 0 atom stereocenters. The van der Waals surface area contributed by atoms with E-state index >= 15 is 0 Å². The van der Waals surface area contributed by atoms with Gasteiger partial charge in [0.2, 0.25) is 5.78 Å². The summed E-state index contributed by atoms with van der Waals surface area (Å²) in [4.78, 5) is 11.9. The number of ether oxygens (including phenoxy) is 1. The molecule has 0 aliphatic carbocycles. The third-order valence-corrected chi connectivity index (χ3v) is 2.81. The maximum atomic E-state index is 13.3. The number of Topliss-reactive ketones (excluding diaryl/α,β-unsaturated/α-hetero) is 1. The van der Waals surface area contributed by atoms with Crippen LogP contribution in [0.15, 0.2) is 36.4 Å². The fraction of sp³-hybridized carbons (Fsp3) is 0.133. The average molecular weight is 276 g/mol. The minimum Gasteiger partial charge on any atom is -0.508 e. The van der Waals surface area contributed by atoms with E-state index in [-0.39, 0.29) is 22.8 Å². The molecule has 0 saturated heterocycles. The van der Waals surface area contributed by atoms with Crippen molar-refractivity contribution in [3.63, 3.8) is 0 Å². The zero-order valence-electron chi connectivity index (χ0n) is 10.8. The number of hydrogen-bond donors (Lipinski definition) is 2. The summed E-state index contributed by atoms with van der Waals surface area (Å²) in [6, 6.07) is 8.18. The number of carbonyl (C=O) groups is 1. The molecule has 0 unspecified atom stereocenters. The molecule has 0 heterocycles. The van der Waals surface area contributed by atoms with Crippen LogP contribution >= 0.6 is 0 Å². The molecule has 2 N–H and O–H groups in total. The van der Waals surface area contributed by atoms with E-state index in [0.29, 0.717) is 5.56 Å². The molecule has 0 amide bonds. The van der Waals surface area contributed by atoms with Crippen LogP contribution in [0.3, 0.4) is 0 Å². The van der Waals surface area contributed by atoms with Crippen LogP contribution in [0.1, 0.15) is 15.9 Å². The van der Waals surface area contributed by atoms with Gasteiger partial charge in [0.1, 0.15) is 11.5 Å². The van der Waals surface area contributed by atoms with Gasteiger partial charge in [-0.05, 0) is 30.7 Å². The van der Waals surface area contributed by atoms with Crippen molar-refractivity contribution in [1.29, 1.82) is 0 Å². The lowest BCUT2D eigenvalue weighted by atomic mass is 10.1. The number of ketones is 1. The Morgan fingerprint density at radius 2 is 1.90 bits per heavy atom. The van der Waals surface area contributed by atoms with Crippen LogP contribution in [0.2, 0.25) is 0 Å². The number of benzene rings is 2. The summed E-state index contributed by atoms with van der Waals surface area (Å²) >= 11 is 0. The Bertz CT molecular complexity index is 652. The third kappa shape index (κ3) is 2.88. The highest BCUT2D eigenvalue weighted by Gasteiger charge is 2.15. The Hall–Kier alpha value is -2.56. The van der Waals surface area contributed by atoms with Crippen LogP contribution in [0.5, 0.6) is 17.2 Å². The topological polar surface area (TPSA) is 66.8 Å². The van der Waals surface area contributed by atoms with Crippen LogP contribution in [0, 0.1) is 12.7 Å². The van der Waals surface area contributed by atoms with Crippen molar-refractivity contribution in [3.05, 3.63) is 53.3 Å². The largest absolute Gasteiger partial charge is 0.508 e. The number of phenolic OH excluding ortho intramolecular Hbond substituents is 2. The van der Waals surface area contributed by atoms with E-state index in [4.69, 9.17) is 4.74 Å². The summed E-state index contributed by atoms with van der Waals surface area (Å²) in [6.45, 7) is 1.20. The smallest absolute Gasteiger partial charge is 0.203 e. The maximum absolute atomic E-state index is 13.3. The van der Waals surface area contributed by atoms with Gasteiger partial charge in [-0.3, -0.25) is 4.79 Å². The lowest BCUT2D eigenvalue weighted by molar-refractivity contribution is 0.0916. The molecule has 104 valence electrons. The standard InChI is InChI=1S/C15H13FO4/c1-9-6-10(13(18)7-12(9)17)14(19)8-20-15-5-3-2-4-11(15)16/h2-7,17-18H,8H2,1H3. The second-order valence-electron chi connectivity index (χ2n) is 4.30. The van der Waals surface area contributed by atoms with Crippen molar-refractivity contribution in [3.8, 4) is 17.2 Å². The summed E-state index contributed by atoms with van der Waals surface area (Å²) in [5.74, 6) is -1.54. The monoisotopic (exact) mass is 276 g/mol. The Labute approximate surface area is 115 Å². The van der Waals surface area contributed by atoms with Crippen molar-refractivity contribution in [1.82, 2.24) is 0 Å². The maximum Gasteiger partial charge on any atom is 0.203 e. The van der Waals surface area contributed by atoms with Gasteiger partial charge < -0.3 is 14.9 Å². The summed E-state index contributed by atoms with van der Waals surface area (Å²) in [6.07, 6.45) is 0. The summed E-state index contributed by atoms with van der Waals surface area (Å²) < 4.78 is 18.4. The molecule has 0 aliphatic rings. The quantitative estimate of drug-likeness (QED) is 0.843. The molecule has 2 aromatic rings. The Balaban J connectivity index is 2.13. The normalized spacial score (nSPS) is 10.3. The molecule has 0 spiro atoms. The number of halogens is 1. The molecule has 0 radical (unpaired) electrons. The molecule has 5 heteroatoms. The lowest BCUT2D eigenvalue weighted by Gasteiger charge is -2.09. The van der Waals surface area contributed by atoms with Crippen molar-refractivity contribution < 1.29 is 24.1 Å². The van der Waals surface area contributed by atoms with E-state index in [1.807, 2.05) is 0 Å². The third-order valence-electron chi connectivity index (χ3n) is 2.81. The first-order valence-electron chi connectivity index (χ1n) is 5.92. The van der Waals surface area contributed by atoms with Crippen molar-refractivity contribution in [2.24, 2.45) is 0 Å². The van der Waals surface area contributed by atoms with E-state index in [1.165, 1.54) is 24.3 Å². The molecule has 0 fully saturated rings. The first-order valence-corrected chi connectivity index (χ1v) is 5.92. The number of rotatable bonds is 4. The lowest BCUT2D eigenvalue weighted by Crippen LogP contribution is -2.12. The number of carbonyl (C=O) groups excluding carboxylic acids is 1. The SMILES string of the molecule is Cc1cc(C(=O)COc2ccccc2F)c(O)cc1O. The van der Waals surface area contributed by atoms with Crippen LogP contribution < -0.4 is 4.74 Å². The number of phenols is 2. The van der Waals surface area contributed by atoms with E-state index in [9.17, 15) is 19.4 Å². The van der Waals surface area contributed by atoms with Gasteiger partial charge in [0, 0.05) is 6.07 Å². The molecule has 20 heavy (non-hydrogen) atoms. The number of hydrogen-bond acceptors (Lipinski definition) is 4. The Morgan fingerprint density at radius 3 is 2.60 bits per heavy atom. The molecule has 4 nitrogen and oxygen atoms in total. The highest BCUT2D eigenvalue weighted by atomic mass is 19.1.